The second kappa shape index (κ2) is 7.90. The number of carbonyl (C=O) groups excluding carboxylic acids is 1. The topological polar surface area (TPSA) is 77.0 Å². The summed E-state index contributed by atoms with van der Waals surface area (Å²) >= 11 is 0. The lowest BCUT2D eigenvalue weighted by molar-refractivity contribution is -0.116. The first kappa shape index (κ1) is 19.5. The molecule has 152 valence electrons. The third-order valence-corrected chi connectivity index (χ3v) is 5.84. The summed E-state index contributed by atoms with van der Waals surface area (Å²) in [6.45, 7) is 6.36. The molecule has 0 radical (unpaired) electrons. The Balaban J connectivity index is 1.78. The number of fused-ring (bicyclic) bond motifs is 1. The highest BCUT2D eigenvalue weighted by Crippen LogP contribution is 2.40. The van der Waals surface area contributed by atoms with E-state index in [2.05, 4.69) is 54.1 Å². The SMILES string of the molecule is CC[C@H](C)Nc1ccc(-c2cccc3c2N[C@H](C)CC(=O)N3)cc1C(=N)C1CC1. The van der Waals surface area contributed by atoms with Crippen molar-refractivity contribution in [1.82, 2.24) is 0 Å². The van der Waals surface area contributed by atoms with E-state index >= 15 is 0 Å². The molecule has 2 aromatic rings. The van der Waals surface area contributed by atoms with Crippen molar-refractivity contribution in [3.63, 3.8) is 0 Å². The van der Waals surface area contributed by atoms with Crippen LogP contribution in [0.3, 0.4) is 0 Å². The molecule has 0 aromatic heterocycles. The van der Waals surface area contributed by atoms with Crippen molar-refractivity contribution in [1.29, 1.82) is 5.41 Å². The van der Waals surface area contributed by atoms with Crippen molar-refractivity contribution in [3.05, 3.63) is 42.0 Å². The molecule has 4 rings (SSSR count). The molecule has 0 spiro atoms. The van der Waals surface area contributed by atoms with Crippen molar-refractivity contribution in [2.75, 3.05) is 16.0 Å². The van der Waals surface area contributed by atoms with Gasteiger partial charge >= 0.3 is 0 Å². The van der Waals surface area contributed by atoms with E-state index in [9.17, 15) is 4.79 Å². The van der Waals surface area contributed by atoms with Crippen LogP contribution in [0.5, 0.6) is 0 Å². The Labute approximate surface area is 172 Å². The number of hydrogen-bond donors (Lipinski definition) is 4. The molecule has 5 nitrogen and oxygen atoms in total. The standard InChI is InChI=1S/C24H30N4O/c1-4-14(2)26-20-11-10-17(13-19(20)23(25)16-8-9-16)18-6-5-7-21-24(18)27-15(3)12-22(29)28-21/h5-7,10-11,13-16,25-27H,4,8-9,12H2,1-3H3,(H,28,29)/t14-,15+/m0/s1. The second-order valence-corrected chi connectivity index (χ2v) is 8.43. The van der Waals surface area contributed by atoms with Crippen LogP contribution in [0.15, 0.2) is 36.4 Å². The van der Waals surface area contributed by atoms with E-state index in [0.29, 0.717) is 18.4 Å². The largest absolute Gasteiger partial charge is 0.382 e. The van der Waals surface area contributed by atoms with Crippen molar-refractivity contribution in [2.24, 2.45) is 5.92 Å². The molecule has 29 heavy (non-hydrogen) atoms. The Morgan fingerprint density at radius 3 is 2.79 bits per heavy atom. The zero-order valence-corrected chi connectivity index (χ0v) is 17.4. The predicted molar refractivity (Wildman–Crippen MR) is 121 cm³/mol. The summed E-state index contributed by atoms with van der Waals surface area (Å²) in [6.07, 6.45) is 3.70. The Bertz CT molecular complexity index is 948. The lowest BCUT2D eigenvalue weighted by atomic mass is 9.95. The van der Waals surface area contributed by atoms with Gasteiger partial charge in [0.1, 0.15) is 0 Å². The van der Waals surface area contributed by atoms with Crippen molar-refractivity contribution >= 4 is 28.7 Å². The molecule has 2 aromatic carbocycles. The minimum atomic E-state index is 0.0326. The first-order chi connectivity index (χ1) is 14.0. The van der Waals surface area contributed by atoms with Gasteiger partial charge in [0, 0.05) is 46.9 Å². The van der Waals surface area contributed by atoms with Gasteiger partial charge in [0.15, 0.2) is 0 Å². The van der Waals surface area contributed by atoms with E-state index in [0.717, 1.165) is 58.7 Å². The third-order valence-electron chi connectivity index (χ3n) is 5.84. The molecule has 1 fully saturated rings. The normalized spacial score (nSPS) is 19.4. The van der Waals surface area contributed by atoms with Crippen LogP contribution in [0.1, 0.15) is 52.0 Å². The van der Waals surface area contributed by atoms with E-state index in [-0.39, 0.29) is 11.9 Å². The lowest BCUT2D eigenvalue weighted by Gasteiger charge is -2.20. The molecular weight excluding hydrogens is 360 g/mol. The average molecular weight is 391 g/mol. The zero-order chi connectivity index (χ0) is 20.5. The highest BCUT2D eigenvalue weighted by atomic mass is 16.1. The molecule has 0 unspecified atom stereocenters. The second-order valence-electron chi connectivity index (χ2n) is 8.43. The fourth-order valence-corrected chi connectivity index (χ4v) is 3.85. The Morgan fingerprint density at radius 1 is 1.28 bits per heavy atom. The summed E-state index contributed by atoms with van der Waals surface area (Å²) in [5.74, 6) is 0.415. The molecule has 4 N–H and O–H groups in total. The molecule has 0 saturated heterocycles. The molecule has 1 aliphatic heterocycles. The van der Waals surface area contributed by atoms with E-state index < -0.39 is 0 Å². The summed E-state index contributed by atoms with van der Waals surface area (Å²) in [5.41, 5.74) is 6.65. The maximum Gasteiger partial charge on any atom is 0.226 e. The van der Waals surface area contributed by atoms with Crippen LogP contribution in [0, 0.1) is 11.3 Å². The Kier molecular flexibility index (Phi) is 5.31. The summed E-state index contributed by atoms with van der Waals surface area (Å²) in [7, 11) is 0. The average Bonchev–Trinajstić information content (AvgIpc) is 3.54. The summed E-state index contributed by atoms with van der Waals surface area (Å²) in [5, 5.41) is 18.8. The van der Waals surface area contributed by atoms with E-state index in [1.54, 1.807) is 0 Å². The van der Waals surface area contributed by atoms with Crippen molar-refractivity contribution in [3.8, 4) is 11.1 Å². The molecule has 1 heterocycles. The monoisotopic (exact) mass is 390 g/mol. The van der Waals surface area contributed by atoms with Crippen LogP contribution >= 0.6 is 0 Å². The molecular formula is C24H30N4O. The maximum absolute atomic E-state index is 12.1. The van der Waals surface area contributed by atoms with Crippen LogP contribution in [0.25, 0.3) is 11.1 Å². The van der Waals surface area contributed by atoms with E-state index in [1.807, 2.05) is 19.1 Å². The van der Waals surface area contributed by atoms with Gasteiger partial charge in [-0.1, -0.05) is 25.1 Å². The van der Waals surface area contributed by atoms with Crippen LogP contribution in [0.2, 0.25) is 0 Å². The van der Waals surface area contributed by atoms with Gasteiger partial charge in [-0.3, -0.25) is 4.79 Å². The Hall–Kier alpha value is -2.82. The van der Waals surface area contributed by atoms with Gasteiger partial charge in [0.25, 0.3) is 0 Å². The first-order valence-corrected chi connectivity index (χ1v) is 10.7. The summed E-state index contributed by atoms with van der Waals surface area (Å²) in [6, 6.07) is 12.8. The van der Waals surface area contributed by atoms with Crippen LogP contribution in [0.4, 0.5) is 17.1 Å². The van der Waals surface area contributed by atoms with Crippen molar-refractivity contribution < 1.29 is 4.79 Å². The molecule has 0 bridgehead atoms. The minimum Gasteiger partial charge on any atom is -0.382 e. The molecule has 1 aliphatic carbocycles. The zero-order valence-electron chi connectivity index (χ0n) is 17.4. The van der Waals surface area contributed by atoms with Gasteiger partial charge in [0.2, 0.25) is 5.91 Å². The predicted octanol–water partition coefficient (Wildman–Crippen LogP) is 5.48. The van der Waals surface area contributed by atoms with Gasteiger partial charge < -0.3 is 21.4 Å². The fourth-order valence-electron chi connectivity index (χ4n) is 3.85. The number of amides is 1. The molecule has 2 aliphatic rings. The molecule has 1 saturated carbocycles. The smallest absolute Gasteiger partial charge is 0.226 e. The van der Waals surface area contributed by atoms with Crippen LogP contribution in [-0.4, -0.2) is 23.7 Å². The first-order valence-electron chi connectivity index (χ1n) is 10.7. The number of rotatable bonds is 6. The van der Waals surface area contributed by atoms with Crippen LogP contribution in [-0.2, 0) is 4.79 Å². The number of nitrogens with one attached hydrogen (secondary N) is 4. The number of anilines is 3. The molecule has 1 amide bonds. The minimum absolute atomic E-state index is 0.0326. The van der Waals surface area contributed by atoms with E-state index in [4.69, 9.17) is 5.41 Å². The highest BCUT2D eigenvalue weighted by Gasteiger charge is 2.29. The quantitative estimate of drug-likeness (QED) is 0.493. The van der Waals surface area contributed by atoms with E-state index in [1.165, 1.54) is 0 Å². The summed E-state index contributed by atoms with van der Waals surface area (Å²) in [4.78, 5) is 12.1. The van der Waals surface area contributed by atoms with Gasteiger partial charge in [-0.2, -0.15) is 0 Å². The van der Waals surface area contributed by atoms with Crippen molar-refractivity contribution in [2.45, 2.75) is 58.5 Å². The third kappa shape index (κ3) is 4.14. The number of para-hydroxylation sites is 1. The molecule has 2 atom stereocenters. The fraction of sp³-hybridized carbons (Fsp3) is 0.417. The lowest BCUT2D eigenvalue weighted by Crippen LogP contribution is -2.19. The number of carbonyl (C=O) groups is 1. The highest BCUT2D eigenvalue weighted by molar-refractivity contribution is 6.07. The molecule has 5 heteroatoms. The number of hydrogen-bond acceptors (Lipinski definition) is 4. The van der Waals surface area contributed by atoms with Gasteiger partial charge in [-0.25, -0.2) is 0 Å². The van der Waals surface area contributed by atoms with Gasteiger partial charge in [-0.15, -0.1) is 0 Å². The van der Waals surface area contributed by atoms with Gasteiger partial charge in [-0.05, 0) is 56.9 Å². The van der Waals surface area contributed by atoms with Gasteiger partial charge in [0.05, 0.1) is 11.4 Å². The number of benzene rings is 2. The Morgan fingerprint density at radius 2 is 2.07 bits per heavy atom. The summed E-state index contributed by atoms with van der Waals surface area (Å²) < 4.78 is 0. The maximum atomic E-state index is 12.1. The van der Waals surface area contributed by atoms with Crippen LogP contribution < -0.4 is 16.0 Å².